The minimum atomic E-state index is -0.192. The van der Waals surface area contributed by atoms with Crippen molar-refractivity contribution in [2.75, 3.05) is 0 Å². The van der Waals surface area contributed by atoms with Crippen LogP contribution >= 0.6 is 15.9 Å². The van der Waals surface area contributed by atoms with Crippen LogP contribution in [-0.2, 0) is 6.54 Å². The molecule has 0 bridgehead atoms. The molecule has 90 valence electrons. The van der Waals surface area contributed by atoms with Crippen LogP contribution in [0.1, 0.15) is 38.7 Å². The SMILES string of the molecule is CCCC(CC)NCc1ccc(Br)c(F)c1. The van der Waals surface area contributed by atoms with Gasteiger partial charge in [-0.15, -0.1) is 0 Å². The second-order valence-electron chi connectivity index (χ2n) is 4.02. The second kappa shape index (κ2) is 7.02. The van der Waals surface area contributed by atoms with Crippen LogP contribution in [-0.4, -0.2) is 6.04 Å². The van der Waals surface area contributed by atoms with Crippen molar-refractivity contribution >= 4 is 15.9 Å². The van der Waals surface area contributed by atoms with E-state index in [1.54, 1.807) is 12.1 Å². The molecule has 0 aromatic heterocycles. The summed E-state index contributed by atoms with van der Waals surface area (Å²) in [5.41, 5.74) is 0.996. The third-order valence-corrected chi connectivity index (χ3v) is 3.35. The fraction of sp³-hybridized carbons (Fsp3) is 0.538. The first-order valence-electron chi connectivity index (χ1n) is 5.84. The van der Waals surface area contributed by atoms with Crippen LogP contribution in [0.3, 0.4) is 0 Å². The average Bonchev–Trinajstić information content (AvgIpc) is 2.28. The van der Waals surface area contributed by atoms with Crippen molar-refractivity contribution in [2.45, 2.75) is 45.7 Å². The Hall–Kier alpha value is -0.410. The number of nitrogens with one attached hydrogen (secondary N) is 1. The van der Waals surface area contributed by atoms with Crippen molar-refractivity contribution in [1.29, 1.82) is 0 Å². The van der Waals surface area contributed by atoms with Crippen LogP contribution < -0.4 is 5.32 Å². The Morgan fingerprint density at radius 3 is 2.69 bits per heavy atom. The molecule has 0 saturated carbocycles. The number of hydrogen-bond acceptors (Lipinski definition) is 1. The molecule has 1 nitrogen and oxygen atoms in total. The van der Waals surface area contributed by atoms with Crippen LogP contribution in [0.5, 0.6) is 0 Å². The maximum absolute atomic E-state index is 13.3. The molecule has 0 spiro atoms. The maximum Gasteiger partial charge on any atom is 0.137 e. The summed E-state index contributed by atoms with van der Waals surface area (Å²) in [7, 11) is 0. The summed E-state index contributed by atoms with van der Waals surface area (Å²) >= 11 is 3.15. The first-order valence-corrected chi connectivity index (χ1v) is 6.64. The molecular formula is C13H19BrFN. The molecule has 0 aliphatic carbocycles. The zero-order valence-corrected chi connectivity index (χ0v) is 11.5. The highest BCUT2D eigenvalue weighted by molar-refractivity contribution is 9.10. The number of rotatable bonds is 6. The minimum absolute atomic E-state index is 0.192. The predicted molar refractivity (Wildman–Crippen MR) is 69.9 cm³/mol. The van der Waals surface area contributed by atoms with E-state index in [-0.39, 0.29) is 5.82 Å². The minimum Gasteiger partial charge on any atom is -0.310 e. The lowest BCUT2D eigenvalue weighted by Crippen LogP contribution is -2.27. The zero-order chi connectivity index (χ0) is 12.0. The van der Waals surface area contributed by atoms with Crippen LogP contribution in [0.25, 0.3) is 0 Å². The molecule has 0 amide bonds. The van der Waals surface area contributed by atoms with Crippen LogP contribution in [0.4, 0.5) is 4.39 Å². The summed E-state index contributed by atoms with van der Waals surface area (Å²) in [6.45, 7) is 5.10. The molecule has 0 radical (unpaired) electrons. The highest BCUT2D eigenvalue weighted by Gasteiger charge is 2.05. The van der Waals surface area contributed by atoms with Gasteiger partial charge in [-0.1, -0.05) is 26.3 Å². The van der Waals surface area contributed by atoms with Crippen molar-refractivity contribution in [2.24, 2.45) is 0 Å². The Balaban J connectivity index is 2.50. The van der Waals surface area contributed by atoms with Gasteiger partial charge in [-0.2, -0.15) is 0 Å². The van der Waals surface area contributed by atoms with Gasteiger partial charge in [-0.05, 0) is 46.5 Å². The number of benzene rings is 1. The molecule has 0 fully saturated rings. The third-order valence-electron chi connectivity index (χ3n) is 2.71. The van der Waals surface area contributed by atoms with E-state index < -0.39 is 0 Å². The monoisotopic (exact) mass is 287 g/mol. The quantitative estimate of drug-likeness (QED) is 0.825. The molecule has 1 aromatic rings. The van der Waals surface area contributed by atoms with Gasteiger partial charge in [0.25, 0.3) is 0 Å². The van der Waals surface area contributed by atoms with Crippen molar-refractivity contribution in [3.63, 3.8) is 0 Å². The standard InChI is InChI=1S/C13H19BrFN/c1-3-5-11(4-2)16-9-10-6-7-12(14)13(15)8-10/h6-8,11,16H,3-5,9H2,1-2H3. The third kappa shape index (κ3) is 4.22. The topological polar surface area (TPSA) is 12.0 Å². The van der Waals surface area contributed by atoms with Gasteiger partial charge in [0.05, 0.1) is 4.47 Å². The van der Waals surface area contributed by atoms with Gasteiger partial charge >= 0.3 is 0 Å². The van der Waals surface area contributed by atoms with E-state index in [4.69, 9.17) is 0 Å². The van der Waals surface area contributed by atoms with E-state index in [0.717, 1.165) is 18.5 Å². The summed E-state index contributed by atoms with van der Waals surface area (Å²) in [4.78, 5) is 0. The molecule has 0 aliphatic rings. The summed E-state index contributed by atoms with van der Waals surface area (Å²) in [5, 5.41) is 3.45. The zero-order valence-electron chi connectivity index (χ0n) is 9.89. The van der Waals surface area contributed by atoms with E-state index in [2.05, 4.69) is 35.1 Å². The van der Waals surface area contributed by atoms with E-state index >= 15 is 0 Å². The molecule has 0 heterocycles. The lowest BCUT2D eigenvalue weighted by Gasteiger charge is -2.16. The Kier molecular flexibility index (Phi) is 5.99. The number of hydrogen-bond donors (Lipinski definition) is 1. The summed E-state index contributed by atoms with van der Waals surface area (Å²) < 4.78 is 13.8. The smallest absolute Gasteiger partial charge is 0.137 e. The predicted octanol–water partition coefficient (Wildman–Crippen LogP) is 4.26. The molecule has 16 heavy (non-hydrogen) atoms. The number of halogens is 2. The van der Waals surface area contributed by atoms with Crippen LogP contribution in [0.15, 0.2) is 22.7 Å². The van der Waals surface area contributed by atoms with E-state index in [1.807, 2.05) is 6.07 Å². The first kappa shape index (κ1) is 13.7. The Bertz CT molecular complexity index is 328. The van der Waals surface area contributed by atoms with Gasteiger partial charge in [0.15, 0.2) is 0 Å². The first-order chi connectivity index (χ1) is 7.67. The van der Waals surface area contributed by atoms with E-state index in [9.17, 15) is 4.39 Å². The lowest BCUT2D eigenvalue weighted by molar-refractivity contribution is 0.461. The van der Waals surface area contributed by atoms with Gasteiger partial charge < -0.3 is 5.32 Å². The van der Waals surface area contributed by atoms with E-state index in [1.165, 1.54) is 12.8 Å². The van der Waals surface area contributed by atoms with Gasteiger partial charge in [0.2, 0.25) is 0 Å². The Morgan fingerprint density at radius 1 is 1.38 bits per heavy atom. The summed E-state index contributed by atoms with van der Waals surface area (Å²) in [6.07, 6.45) is 3.47. The van der Waals surface area contributed by atoms with Gasteiger partial charge in [-0.3, -0.25) is 0 Å². The Labute approximate surface area is 106 Å². The molecule has 1 rings (SSSR count). The molecule has 1 N–H and O–H groups in total. The molecule has 1 atom stereocenters. The van der Waals surface area contributed by atoms with Crippen LogP contribution in [0, 0.1) is 5.82 Å². The van der Waals surface area contributed by atoms with Crippen molar-refractivity contribution in [3.8, 4) is 0 Å². The fourth-order valence-corrected chi connectivity index (χ4v) is 1.96. The molecule has 1 aromatic carbocycles. The molecule has 3 heteroatoms. The highest BCUT2D eigenvalue weighted by atomic mass is 79.9. The van der Waals surface area contributed by atoms with E-state index in [0.29, 0.717) is 10.5 Å². The molecular weight excluding hydrogens is 269 g/mol. The van der Waals surface area contributed by atoms with Crippen molar-refractivity contribution in [1.82, 2.24) is 5.32 Å². The van der Waals surface area contributed by atoms with Crippen molar-refractivity contribution in [3.05, 3.63) is 34.1 Å². The van der Waals surface area contributed by atoms with Gasteiger partial charge in [0, 0.05) is 12.6 Å². The van der Waals surface area contributed by atoms with Crippen LogP contribution in [0.2, 0.25) is 0 Å². The molecule has 0 saturated heterocycles. The summed E-state index contributed by atoms with van der Waals surface area (Å²) in [5.74, 6) is -0.192. The Morgan fingerprint density at radius 2 is 2.12 bits per heavy atom. The molecule has 1 unspecified atom stereocenters. The normalized spacial score (nSPS) is 12.8. The highest BCUT2D eigenvalue weighted by Crippen LogP contribution is 2.16. The fourth-order valence-electron chi connectivity index (χ4n) is 1.71. The summed E-state index contributed by atoms with van der Waals surface area (Å²) in [6, 6.07) is 5.82. The maximum atomic E-state index is 13.3. The largest absolute Gasteiger partial charge is 0.310 e. The lowest BCUT2D eigenvalue weighted by atomic mass is 10.1. The van der Waals surface area contributed by atoms with Gasteiger partial charge in [-0.25, -0.2) is 4.39 Å². The van der Waals surface area contributed by atoms with Crippen molar-refractivity contribution < 1.29 is 4.39 Å². The van der Waals surface area contributed by atoms with Gasteiger partial charge in [0.1, 0.15) is 5.82 Å². The second-order valence-corrected chi connectivity index (χ2v) is 4.88. The molecule has 0 aliphatic heterocycles. The average molecular weight is 288 g/mol.